The van der Waals surface area contributed by atoms with Crippen molar-refractivity contribution in [1.29, 1.82) is 5.26 Å². The van der Waals surface area contributed by atoms with Gasteiger partial charge in [0.2, 0.25) is 0 Å². The Morgan fingerprint density at radius 3 is 3.05 bits per heavy atom. The largest absolute Gasteiger partial charge is 0.383 e. The van der Waals surface area contributed by atoms with Gasteiger partial charge in [-0.3, -0.25) is 4.68 Å². The molecule has 0 aromatic carbocycles. The van der Waals surface area contributed by atoms with Gasteiger partial charge in [-0.05, 0) is 25.5 Å². The van der Waals surface area contributed by atoms with Gasteiger partial charge in [-0.2, -0.15) is 10.4 Å². The summed E-state index contributed by atoms with van der Waals surface area (Å²) in [7, 11) is 0. The molecule has 3 heterocycles. The molecular weight excluding hydrogens is 278 g/mol. The van der Waals surface area contributed by atoms with Crippen LogP contribution in [-0.2, 0) is 11.3 Å². The molecule has 0 amide bonds. The van der Waals surface area contributed by atoms with Crippen molar-refractivity contribution in [2.75, 3.05) is 18.5 Å². The first-order valence-electron chi connectivity index (χ1n) is 7.54. The third-order valence-electron chi connectivity index (χ3n) is 3.97. The Morgan fingerprint density at radius 1 is 1.45 bits per heavy atom. The summed E-state index contributed by atoms with van der Waals surface area (Å²) in [6.07, 6.45) is 6.78. The molecule has 114 valence electrons. The summed E-state index contributed by atoms with van der Waals surface area (Å²) >= 11 is 0. The summed E-state index contributed by atoms with van der Waals surface area (Å²) in [5.41, 5.74) is 2.50. The fourth-order valence-corrected chi connectivity index (χ4v) is 2.72. The van der Waals surface area contributed by atoms with E-state index in [0.29, 0.717) is 11.6 Å². The molecule has 0 aliphatic carbocycles. The maximum atomic E-state index is 8.76. The molecule has 6 nitrogen and oxygen atoms in total. The van der Waals surface area contributed by atoms with Gasteiger partial charge in [0.25, 0.3) is 0 Å². The smallest absolute Gasteiger partial charge is 0.140 e. The molecule has 1 N–H and O–H groups in total. The van der Waals surface area contributed by atoms with Gasteiger partial charge in [0, 0.05) is 37.4 Å². The van der Waals surface area contributed by atoms with E-state index in [0.717, 1.165) is 37.4 Å². The minimum absolute atomic E-state index is 0.0964. The molecule has 0 spiro atoms. The monoisotopic (exact) mass is 297 g/mol. The van der Waals surface area contributed by atoms with Gasteiger partial charge in [-0.25, -0.2) is 4.98 Å². The molecule has 1 fully saturated rings. The molecule has 0 radical (unpaired) electrons. The van der Waals surface area contributed by atoms with Crippen LogP contribution in [0.1, 0.15) is 30.7 Å². The lowest BCUT2D eigenvalue weighted by Crippen LogP contribution is -2.17. The van der Waals surface area contributed by atoms with E-state index in [9.17, 15) is 0 Å². The highest BCUT2D eigenvalue weighted by atomic mass is 16.5. The van der Waals surface area contributed by atoms with Crippen molar-refractivity contribution in [1.82, 2.24) is 14.8 Å². The van der Waals surface area contributed by atoms with Gasteiger partial charge in [0.15, 0.2) is 0 Å². The maximum absolute atomic E-state index is 8.76. The third-order valence-corrected chi connectivity index (χ3v) is 3.97. The molecule has 2 aromatic heterocycles. The molecule has 2 aromatic rings. The standard InChI is InChI=1S/C16H19N5O/c1-2-21-11-13(9-20-21)16-12(5-6-22-16)8-18-15-4-3-14(7-17)19-10-15/h3-4,9-12,16,18H,2,5-6,8H2,1H3/t12-,16+/m1/s1. The predicted octanol–water partition coefficient (Wildman–Crippen LogP) is 2.36. The van der Waals surface area contributed by atoms with Gasteiger partial charge in [-0.1, -0.05) is 0 Å². The van der Waals surface area contributed by atoms with Crippen LogP contribution in [-0.4, -0.2) is 27.9 Å². The van der Waals surface area contributed by atoms with Crippen LogP contribution in [0.3, 0.4) is 0 Å². The van der Waals surface area contributed by atoms with Crippen LogP contribution < -0.4 is 5.32 Å². The first-order valence-corrected chi connectivity index (χ1v) is 7.54. The molecule has 3 rings (SSSR count). The molecule has 22 heavy (non-hydrogen) atoms. The number of hydrogen-bond donors (Lipinski definition) is 1. The summed E-state index contributed by atoms with van der Waals surface area (Å²) in [6, 6.07) is 5.62. The highest BCUT2D eigenvalue weighted by Crippen LogP contribution is 2.34. The number of rotatable bonds is 5. The number of anilines is 1. The van der Waals surface area contributed by atoms with Crippen molar-refractivity contribution < 1.29 is 4.74 Å². The average Bonchev–Trinajstić information content (AvgIpc) is 3.21. The Bertz CT molecular complexity index is 658. The van der Waals surface area contributed by atoms with Gasteiger partial charge in [0.05, 0.1) is 24.2 Å². The van der Waals surface area contributed by atoms with Crippen molar-refractivity contribution in [3.63, 3.8) is 0 Å². The van der Waals surface area contributed by atoms with E-state index in [1.807, 2.05) is 23.0 Å². The molecule has 1 saturated heterocycles. The lowest BCUT2D eigenvalue weighted by atomic mass is 9.97. The van der Waals surface area contributed by atoms with Gasteiger partial charge >= 0.3 is 0 Å². The Kier molecular flexibility index (Phi) is 4.35. The fraction of sp³-hybridized carbons (Fsp3) is 0.438. The lowest BCUT2D eigenvalue weighted by Gasteiger charge is -2.18. The third kappa shape index (κ3) is 3.10. The lowest BCUT2D eigenvalue weighted by molar-refractivity contribution is 0.0932. The highest BCUT2D eigenvalue weighted by molar-refractivity contribution is 5.42. The number of pyridine rings is 1. The predicted molar refractivity (Wildman–Crippen MR) is 82.1 cm³/mol. The van der Waals surface area contributed by atoms with Gasteiger partial charge in [0.1, 0.15) is 11.8 Å². The number of ether oxygens (including phenoxy) is 1. The quantitative estimate of drug-likeness (QED) is 0.917. The maximum Gasteiger partial charge on any atom is 0.140 e. The molecular formula is C16H19N5O. The van der Waals surface area contributed by atoms with Crippen molar-refractivity contribution in [3.05, 3.63) is 42.0 Å². The molecule has 6 heteroatoms. The minimum Gasteiger partial charge on any atom is -0.383 e. The first kappa shape index (κ1) is 14.5. The van der Waals surface area contributed by atoms with E-state index in [-0.39, 0.29) is 6.10 Å². The summed E-state index contributed by atoms with van der Waals surface area (Å²) in [5.74, 6) is 0.408. The van der Waals surface area contributed by atoms with E-state index >= 15 is 0 Å². The average molecular weight is 297 g/mol. The molecule has 0 bridgehead atoms. The van der Waals surface area contributed by atoms with Crippen LogP contribution in [0.4, 0.5) is 5.69 Å². The summed E-state index contributed by atoms with van der Waals surface area (Å²) in [6.45, 7) is 4.53. The van der Waals surface area contributed by atoms with Crippen LogP contribution in [0.25, 0.3) is 0 Å². The number of hydrogen-bond acceptors (Lipinski definition) is 5. The second kappa shape index (κ2) is 6.58. The molecule has 1 aliphatic rings. The normalized spacial score (nSPS) is 20.7. The zero-order chi connectivity index (χ0) is 15.4. The zero-order valence-electron chi connectivity index (χ0n) is 12.6. The van der Waals surface area contributed by atoms with E-state index in [2.05, 4.69) is 28.5 Å². The van der Waals surface area contributed by atoms with Crippen LogP contribution in [0.2, 0.25) is 0 Å². The van der Waals surface area contributed by atoms with Crippen molar-refractivity contribution in [2.45, 2.75) is 26.0 Å². The van der Waals surface area contributed by atoms with E-state index in [1.54, 1.807) is 12.3 Å². The van der Waals surface area contributed by atoms with Crippen LogP contribution in [0.5, 0.6) is 0 Å². The number of aryl methyl sites for hydroxylation is 1. The Balaban J connectivity index is 1.62. The van der Waals surface area contributed by atoms with Crippen LogP contribution in [0.15, 0.2) is 30.7 Å². The van der Waals surface area contributed by atoms with Crippen LogP contribution >= 0.6 is 0 Å². The van der Waals surface area contributed by atoms with Crippen molar-refractivity contribution in [2.24, 2.45) is 5.92 Å². The van der Waals surface area contributed by atoms with E-state index in [4.69, 9.17) is 10.00 Å². The number of nitriles is 1. The summed E-state index contributed by atoms with van der Waals surface area (Å²) < 4.78 is 7.81. The van der Waals surface area contributed by atoms with E-state index in [1.165, 1.54) is 0 Å². The fourth-order valence-electron chi connectivity index (χ4n) is 2.72. The minimum atomic E-state index is 0.0964. The molecule has 0 unspecified atom stereocenters. The molecule has 2 atom stereocenters. The first-order chi connectivity index (χ1) is 10.8. The Hall–Kier alpha value is -2.39. The zero-order valence-corrected chi connectivity index (χ0v) is 12.6. The molecule has 0 saturated carbocycles. The molecule has 1 aliphatic heterocycles. The second-order valence-corrected chi connectivity index (χ2v) is 5.39. The summed E-state index contributed by atoms with van der Waals surface area (Å²) in [5, 5.41) is 16.5. The number of nitrogens with zero attached hydrogens (tertiary/aromatic N) is 4. The van der Waals surface area contributed by atoms with Gasteiger partial charge in [-0.15, -0.1) is 0 Å². The van der Waals surface area contributed by atoms with Crippen LogP contribution in [0, 0.1) is 17.2 Å². The SMILES string of the molecule is CCn1cc([C@H]2OCC[C@@H]2CNc2ccc(C#N)nc2)cn1. The van der Waals surface area contributed by atoms with Crippen molar-refractivity contribution in [3.8, 4) is 6.07 Å². The van der Waals surface area contributed by atoms with Crippen molar-refractivity contribution >= 4 is 5.69 Å². The van der Waals surface area contributed by atoms with E-state index < -0.39 is 0 Å². The second-order valence-electron chi connectivity index (χ2n) is 5.39. The Morgan fingerprint density at radius 2 is 2.36 bits per heavy atom. The number of nitrogens with one attached hydrogen (secondary N) is 1. The number of aromatic nitrogens is 3. The topological polar surface area (TPSA) is 75.8 Å². The summed E-state index contributed by atoms with van der Waals surface area (Å²) in [4.78, 5) is 4.07. The highest BCUT2D eigenvalue weighted by Gasteiger charge is 2.30. The van der Waals surface area contributed by atoms with Gasteiger partial charge < -0.3 is 10.1 Å². The Labute approximate surface area is 129 Å².